The number of H-pyrrole nitrogens is 1. The Morgan fingerprint density at radius 3 is 2.73 bits per heavy atom. The normalized spacial score (nSPS) is 15.9. The lowest BCUT2D eigenvalue weighted by Crippen LogP contribution is -2.21. The molecule has 2 N–H and O–H groups in total. The number of benzene rings is 2. The van der Waals surface area contributed by atoms with Crippen molar-refractivity contribution in [2.75, 3.05) is 5.32 Å². The molecule has 0 bridgehead atoms. The van der Waals surface area contributed by atoms with Crippen LogP contribution >= 0.6 is 0 Å². The third kappa shape index (κ3) is 3.01. The van der Waals surface area contributed by atoms with E-state index in [1.807, 2.05) is 6.07 Å². The molecule has 4 rings (SSSR count). The quantitative estimate of drug-likeness (QED) is 0.690. The molecule has 0 amide bonds. The number of hydrogen-bond acceptors (Lipinski definition) is 3. The number of aromatic amines is 1. The largest absolute Gasteiger partial charge is 0.349 e. The molecule has 1 atom stereocenters. The minimum Gasteiger partial charge on any atom is -0.349 e. The zero-order valence-electron chi connectivity index (χ0n) is 14.1. The molecule has 1 heterocycles. The van der Waals surface area contributed by atoms with Crippen LogP contribution in [-0.2, 0) is 0 Å². The number of rotatable bonds is 4. The van der Waals surface area contributed by atoms with E-state index in [4.69, 9.17) is 0 Å². The molecule has 1 aliphatic rings. The Hall–Kier alpha value is -2.94. The Labute approximate surface area is 149 Å². The van der Waals surface area contributed by atoms with Crippen molar-refractivity contribution >= 4 is 17.0 Å². The number of imidazole rings is 1. The second-order valence-corrected chi connectivity index (χ2v) is 6.73. The van der Waals surface area contributed by atoms with E-state index in [-0.39, 0.29) is 12.0 Å². The fourth-order valence-corrected chi connectivity index (χ4v) is 3.83. The summed E-state index contributed by atoms with van der Waals surface area (Å²) in [6, 6.07) is 10.9. The molecule has 26 heavy (non-hydrogen) atoms. The number of anilines is 1. The highest BCUT2D eigenvalue weighted by atomic mass is 19.1. The SMILES string of the molecule is N#Cc1cccc2[nH]c(N[C@@H](c3ccc(F)cc3F)C3CCCC3)nc12. The van der Waals surface area contributed by atoms with Crippen LogP contribution in [0.3, 0.4) is 0 Å². The maximum atomic E-state index is 14.4. The molecule has 3 aromatic rings. The fourth-order valence-electron chi connectivity index (χ4n) is 3.83. The van der Waals surface area contributed by atoms with Gasteiger partial charge in [0.1, 0.15) is 23.2 Å². The van der Waals surface area contributed by atoms with Gasteiger partial charge in [0.25, 0.3) is 0 Å². The number of para-hydroxylation sites is 1. The summed E-state index contributed by atoms with van der Waals surface area (Å²) in [6.45, 7) is 0. The summed E-state index contributed by atoms with van der Waals surface area (Å²) in [6.07, 6.45) is 4.17. The van der Waals surface area contributed by atoms with Crippen LogP contribution in [-0.4, -0.2) is 9.97 Å². The summed E-state index contributed by atoms with van der Waals surface area (Å²) < 4.78 is 27.8. The van der Waals surface area contributed by atoms with Crippen LogP contribution in [0, 0.1) is 28.9 Å². The van der Waals surface area contributed by atoms with E-state index < -0.39 is 11.6 Å². The molecular formula is C20H18F2N4. The second kappa shape index (κ2) is 6.75. The summed E-state index contributed by atoms with van der Waals surface area (Å²) in [5.74, 6) is -0.399. The molecule has 1 aliphatic carbocycles. The number of hydrogen-bond donors (Lipinski definition) is 2. The minimum absolute atomic E-state index is 0.249. The molecule has 0 saturated heterocycles. The number of fused-ring (bicyclic) bond motifs is 1. The molecule has 0 unspecified atom stereocenters. The van der Waals surface area contributed by atoms with Crippen molar-refractivity contribution in [1.29, 1.82) is 5.26 Å². The molecule has 1 fully saturated rings. The maximum Gasteiger partial charge on any atom is 0.201 e. The number of nitrogens with one attached hydrogen (secondary N) is 2. The van der Waals surface area contributed by atoms with E-state index >= 15 is 0 Å². The van der Waals surface area contributed by atoms with Crippen LogP contribution in [0.15, 0.2) is 36.4 Å². The molecule has 0 spiro atoms. The highest BCUT2D eigenvalue weighted by molar-refractivity contribution is 5.83. The average Bonchev–Trinajstić information content (AvgIpc) is 3.29. The minimum atomic E-state index is -0.584. The molecule has 4 nitrogen and oxygen atoms in total. The van der Waals surface area contributed by atoms with Gasteiger partial charge in [-0.25, -0.2) is 13.8 Å². The standard InChI is InChI=1S/C20H18F2N4/c21-14-8-9-15(16(22)10-14)18(12-4-1-2-5-12)25-20-24-17-7-3-6-13(11-23)19(17)26-20/h3,6-10,12,18H,1-2,4-5H2,(H2,24,25,26)/t18-/m1/s1. The lowest BCUT2D eigenvalue weighted by molar-refractivity contribution is 0.448. The van der Waals surface area contributed by atoms with Gasteiger partial charge >= 0.3 is 0 Å². The third-order valence-corrected chi connectivity index (χ3v) is 5.09. The fraction of sp³-hybridized carbons (Fsp3) is 0.300. The zero-order valence-corrected chi connectivity index (χ0v) is 14.1. The van der Waals surface area contributed by atoms with Gasteiger partial charge < -0.3 is 10.3 Å². The van der Waals surface area contributed by atoms with Crippen molar-refractivity contribution in [2.24, 2.45) is 5.92 Å². The summed E-state index contributed by atoms with van der Waals surface area (Å²) in [5.41, 5.74) is 2.26. The van der Waals surface area contributed by atoms with Crippen molar-refractivity contribution in [3.8, 4) is 6.07 Å². The number of nitriles is 1. The second-order valence-electron chi connectivity index (χ2n) is 6.73. The van der Waals surface area contributed by atoms with E-state index in [1.54, 1.807) is 12.1 Å². The first-order valence-electron chi connectivity index (χ1n) is 8.76. The summed E-state index contributed by atoms with van der Waals surface area (Å²) >= 11 is 0. The van der Waals surface area contributed by atoms with Crippen LogP contribution in [0.1, 0.15) is 42.9 Å². The van der Waals surface area contributed by atoms with E-state index in [9.17, 15) is 14.0 Å². The number of nitrogens with zero attached hydrogens (tertiary/aromatic N) is 2. The molecule has 0 aliphatic heterocycles. The first kappa shape index (κ1) is 16.5. The summed E-state index contributed by atoms with van der Waals surface area (Å²) in [7, 11) is 0. The van der Waals surface area contributed by atoms with Crippen molar-refractivity contribution in [3.05, 3.63) is 59.2 Å². The lowest BCUT2D eigenvalue weighted by Gasteiger charge is -2.25. The Morgan fingerprint density at radius 2 is 2.00 bits per heavy atom. The van der Waals surface area contributed by atoms with Gasteiger partial charge in [0, 0.05) is 11.6 Å². The van der Waals surface area contributed by atoms with E-state index in [0.717, 1.165) is 37.3 Å². The van der Waals surface area contributed by atoms with E-state index in [1.165, 1.54) is 12.1 Å². The Bertz CT molecular complexity index is 983. The van der Waals surface area contributed by atoms with Crippen molar-refractivity contribution < 1.29 is 8.78 Å². The molecule has 2 aromatic carbocycles. The highest BCUT2D eigenvalue weighted by Crippen LogP contribution is 2.38. The number of aromatic nitrogens is 2. The summed E-state index contributed by atoms with van der Waals surface area (Å²) in [5, 5.41) is 12.5. The molecule has 132 valence electrons. The average molecular weight is 352 g/mol. The lowest BCUT2D eigenvalue weighted by atomic mass is 9.91. The Morgan fingerprint density at radius 1 is 1.19 bits per heavy atom. The van der Waals surface area contributed by atoms with Crippen molar-refractivity contribution in [3.63, 3.8) is 0 Å². The van der Waals surface area contributed by atoms with Crippen LogP contribution in [0.2, 0.25) is 0 Å². The summed E-state index contributed by atoms with van der Waals surface area (Å²) in [4.78, 5) is 7.64. The topological polar surface area (TPSA) is 64.5 Å². The van der Waals surface area contributed by atoms with Crippen LogP contribution in [0.5, 0.6) is 0 Å². The van der Waals surface area contributed by atoms with Gasteiger partial charge in [0.2, 0.25) is 5.95 Å². The first-order valence-corrected chi connectivity index (χ1v) is 8.76. The monoisotopic (exact) mass is 352 g/mol. The van der Waals surface area contributed by atoms with E-state index in [0.29, 0.717) is 22.6 Å². The maximum absolute atomic E-state index is 14.4. The zero-order chi connectivity index (χ0) is 18.1. The number of halogens is 2. The van der Waals surface area contributed by atoms with Gasteiger partial charge in [-0.05, 0) is 37.0 Å². The van der Waals surface area contributed by atoms with Crippen LogP contribution < -0.4 is 5.32 Å². The first-order chi connectivity index (χ1) is 12.7. The molecule has 1 saturated carbocycles. The Kier molecular flexibility index (Phi) is 4.29. The van der Waals surface area contributed by atoms with Crippen LogP contribution in [0.4, 0.5) is 14.7 Å². The smallest absolute Gasteiger partial charge is 0.201 e. The van der Waals surface area contributed by atoms with Gasteiger partial charge in [-0.2, -0.15) is 5.26 Å². The molecule has 6 heteroatoms. The highest BCUT2D eigenvalue weighted by Gasteiger charge is 2.29. The van der Waals surface area contributed by atoms with Gasteiger partial charge in [0.05, 0.1) is 17.1 Å². The predicted molar refractivity (Wildman–Crippen MR) is 95.5 cm³/mol. The van der Waals surface area contributed by atoms with Gasteiger partial charge in [0.15, 0.2) is 0 Å². The predicted octanol–water partition coefficient (Wildman–Crippen LogP) is 5.06. The van der Waals surface area contributed by atoms with Crippen molar-refractivity contribution in [1.82, 2.24) is 9.97 Å². The van der Waals surface area contributed by atoms with Crippen LogP contribution in [0.25, 0.3) is 11.0 Å². The molecule has 1 aromatic heterocycles. The molecular weight excluding hydrogens is 334 g/mol. The Balaban J connectivity index is 1.72. The van der Waals surface area contributed by atoms with Gasteiger partial charge in [-0.1, -0.05) is 25.0 Å². The van der Waals surface area contributed by atoms with E-state index in [2.05, 4.69) is 21.4 Å². The molecule has 0 radical (unpaired) electrons. The van der Waals surface area contributed by atoms with Gasteiger partial charge in [-0.3, -0.25) is 0 Å². The van der Waals surface area contributed by atoms with Crippen molar-refractivity contribution in [2.45, 2.75) is 31.7 Å². The third-order valence-electron chi connectivity index (χ3n) is 5.09. The van der Waals surface area contributed by atoms with Gasteiger partial charge in [-0.15, -0.1) is 0 Å².